The molecule has 2 atom stereocenters. The highest BCUT2D eigenvalue weighted by atomic mass is 32.2. The highest BCUT2D eigenvalue weighted by Crippen LogP contribution is 2.30. The Morgan fingerprint density at radius 2 is 1.77 bits per heavy atom. The zero-order valence-electron chi connectivity index (χ0n) is 18.6. The molecule has 2 saturated heterocycles. The van der Waals surface area contributed by atoms with Crippen molar-refractivity contribution in [2.75, 3.05) is 36.4 Å². The minimum absolute atomic E-state index is 0.00390. The van der Waals surface area contributed by atoms with Crippen molar-refractivity contribution < 1.29 is 22.3 Å². The van der Waals surface area contributed by atoms with Crippen molar-refractivity contribution in [1.82, 2.24) is 9.62 Å². The predicted octanol–water partition coefficient (Wildman–Crippen LogP) is 2.76. The average molecular weight is 457 g/mol. The highest BCUT2D eigenvalue weighted by Gasteiger charge is 2.29. The minimum atomic E-state index is -3.34. The van der Waals surface area contributed by atoms with Crippen molar-refractivity contribution in [2.24, 2.45) is 0 Å². The van der Waals surface area contributed by atoms with Crippen LogP contribution in [0.1, 0.15) is 40.5 Å². The number of hydrogen-bond acceptors (Lipinski definition) is 5. The molecule has 174 valence electrons. The van der Waals surface area contributed by atoms with Crippen LogP contribution in [0.25, 0.3) is 0 Å². The summed E-state index contributed by atoms with van der Waals surface area (Å²) in [7, 11) is -3.34. The first-order valence-corrected chi connectivity index (χ1v) is 12.4. The molecule has 3 rings (SSSR count). The van der Waals surface area contributed by atoms with Crippen molar-refractivity contribution in [2.45, 2.75) is 64.0 Å². The molecule has 0 aromatic heterocycles. The summed E-state index contributed by atoms with van der Waals surface area (Å²) in [5.41, 5.74) is 1.19. The SMILES string of the molecule is CC1CN(c2cc(F)ccc2NC(=O)N2CCC(NS(=O)(=O)C(C)C)CC2)CC(C)O1. The number of rotatable bonds is 5. The number of carbonyl (C=O) groups is 1. The monoisotopic (exact) mass is 456 g/mol. The Morgan fingerprint density at radius 3 is 2.35 bits per heavy atom. The third-order valence-electron chi connectivity index (χ3n) is 5.70. The maximum Gasteiger partial charge on any atom is 0.321 e. The molecule has 0 radical (unpaired) electrons. The number of sulfonamides is 1. The second-order valence-corrected chi connectivity index (χ2v) is 11.0. The fraction of sp³-hybridized carbons (Fsp3) is 0.667. The molecule has 2 aliphatic heterocycles. The number of morpholine rings is 1. The van der Waals surface area contributed by atoms with E-state index in [0.717, 1.165) is 0 Å². The molecule has 8 nitrogen and oxygen atoms in total. The number of amides is 2. The number of likely N-dealkylation sites (tertiary alicyclic amines) is 1. The number of nitrogens with zero attached hydrogens (tertiary/aromatic N) is 2. The molecular formula is C21H33FN4O4S. The summed E-state index contributed by atoms with van der Waals surface area (Å²) in [5.74, 6) is -0.363. The third-order valence-corrected chi connectivity index (χ3v) is 7.60. The Balaban J connectivity index is 1.64. The van der Waals surface area contributed by atoms with Gasteiger partial charge in [0.25, 0.3) is 0 Å². The second kappa shape index (κ2) is 9.70. The standard InChI is InChI=1S/C21H33FN4O4S/c1-14(2)31(28,29)24-18-7-9-25(10-8-18)21(27)23-19-6-5-17(22)11-20(19)26-12-15(3)30-16(4)13-26/h5-6,11,14-16,18,24H,7-10,12-13H2,1-4H3,(H,23,27). The molecule has 0 bridgehead atoms. The molecular weight excluding hydrogens is 423 g/mol. The largest absolute Gasteiger partial charge is 0.372 e. The topological polar surface area (TPSA) is 91.0 Å². The Morgan fingerprint density at radius 1 is 1.16 bits per heavy atom. The van der Waals surface area contributed by atoms with Gasteiger partial charge in [-0.05, 0) is 58.7 Å². The Bertz CT molecular complexity index is 877. The highest BCUT2D eigenvalue weighted by molar-refractivity contribution is 7.90. The van der Waals surface area contributed by atoms with E-state index in [0.29, 0.717) is 50.4 Å². The third kappa shape index (κ3) is 6.08. The van der Waals surface area contributed by atoms with Gasteiger partial charge in [-0.1, -0.05) is 0 Å². The summed E-state index contributed by atoms with van der Waals surface area (Å²) in [6, 6.07) is 3.91. The van der Waals surface area contributed by atoms with Crippen LogP contribution in [-0.2, 0) is 14.8 Å². The number of benzene rings is 1. The number of piperidine rings is 1. The van der Waals surface area contributed by atoms with E-state index in [1.54, 1.807) is 24.8 Å². The van der Waals surface area contributed by atoms with Crippen LogP contribution >= 0.6 is 0 Å². The molecule has 31 heavy (non-hydrogen) atoms. The number of ether oxygens (including phenoxy) is 1. The van der Waals surface area contributed by atoms with Crippen molar-refractivity contribution >= 4 is 27.4 Å². The normalized spacial score (nSPS) is 23.3. The number of carbonyl (C=O) groups excluding carboxylic acids is 1. The van der Waals surface area contributed by atoms with Gasteiger partial charge >= 0.3 is 6.03 Å². The molecule has 1 aromatic carbocycles. The molecule has 0 spiro atoms. The summed E-state index contributed by atoms with van der Waals surface area (Å²) in [6.07, 6.45) is 1.11. The molecule has 2 unspecified atom stereocenters. The van der Waals surface area contributed by atoms with Gasteiger partial charge in [0.05, 0.1) is 28.8 Å². The molecule has 2 aliphatic rings. The lowest BCUT2D eigenvalue weighted by molar-refractivity contribution is -0.00519. The second-order valence-electron chi connectivity index (χ2n) is 8.73. The van der Waals surface area contributed by atoms with Crippen molar-refractivity contribution in [3.8, 4) is 0 Å². The number of anilines is 2. The van der Waals surface area contributed by atoms with Gasteiger partial charge in [0.2, 0.25) is 10.0 Å². The fourth-order valence-electron chi connectivity index (χ4n) is 4.01. The predicted molar refractivity (Wildman–Crippen MR) is 119 cm³/mol. The quantitative estimate of drug-likeness (QED) is 0.711. The number of halogens is 1. The van der Waals surface area contributed by atoms with Gasteiger partial charge in [0, 0.05) is 32.2 Å². The summed E-state index contributed by atoms with van der Waals surface area (Å²) in [5, 5.41) is 2.43. The molecule has 10 heteroatoms. The number of hydrogen-bond donors (Lipinski definition) is 2. The van der Waals surface area contributed by atoms with E-state index in [9.17, 15) is 17.6 Å². The van der Waals surface area contributed by atoms with Crippen LogP contribution in [0, 0.1) is 5.82 Å². The molecule has 2 heterocycles. The maximum atomic E-state index is 14.0. The lowest BCUT2D eigenvalue weighted by atomic mass is 10.1. The van der Waals surface area contributed by atoms with Gasteiger partial charge < -0.3 is 19.9 Å². The van der Waals surface area contributed by atoms with Crippen LogP contribution in [0.3, 0.4) is 0 Å². The minimum Gasteiger partial charge on any atom is -0.372 e. The smallest absolute Gasteiger partial charge is 0.321 e. The average Bonchev–Trinajstić information content (AvgIpc) is 2.68. The number of urea groups is 1. The summed E-state index contributed by atoms with van der Waals surface area (Å²) >= 11 is 0. The van der Waals surface area contributed by atoms with Gasteiger partial charge in [0.15, 0.2) is 0 Å². The summed E-state index contributed by atoms with van der Waals surface area (Å²) in [4.78, 5) is 16.6. The van der Waals surface area contributed by atoms with Gasteiger partial charge in [-0.25, -0.2) is 22.3 Å². The zero-order chi connectivity index (χ0) is 22.8. The lowest BCUT2D eigenvalue weighted by Crippen LogP contribution is -2.49. The molecule has 0 aliphatic carbocycles. The zero-order valence-corrected chi connectivity index (χ0v) is 19.4. The lowest BCUT2D eigenvalue weighted by Gasteiger charge is -2.38. The van der Waals surface area contributed by atoms with Crippen molar-refractivity contribution in [1.29, 1.82) is 0 Å². The van der Waals surface area contributed by atoms with E-state index in [1.807, 2.05) is 18.7 Å². The van der Waals surface area contributed by atoms with E-state index in [1.165, 1.54) is 12.1 Å². The molecule has 2 N–H and O–H groups in total. The van der Waals surface area contributed by atoms with E-state index in [2.05, 4.69) is 10.0 Å². The first-order valence-electron chi connectivity index (χ1n) is 10.8. The van der Waals surface area contributed by atoms with Crippen LogP contribution in [-0.4, -0.2) is 69.0 Å². The van der Waals surface area contributed by atoms with Gasteiger partial charge in [-0.2, -0.15) is 0 Å². The summed E-state index contributed by atoms with van der Waals surface area (Å²) < 4.78 is 46.6. The molecule has 2 amide bonds. The molecule has 0 saturated carbocycles. The van der Waals surface area contributed by atoms with Crippen LogP contribution in [0.15, 0.2) is 18.2 Å². The maximum absolute atomic E-state index is 14.0. The number of nitrogens with one attached hydrogen (secondary N) is 2. The molecule has 2 fully saturated rings. The first kappa shape index (κ1) is 23.7. The Labute approximate surface area is 184 Å². The van der Waals surface area contributed by atoms with E-state index in [-0.39, 0.29) is 30.1 Å². The van der Waals surface area contributed by atoms with Crippen molar-refractivity contribution in [3.05, 3.63) is 24.0 Å². The summed E-state index contributed by atoms with van der Waals surface area (Å²) in [6.45, 7) is 9.33. The first-order chi connectivity index (χ1) is 14.5. The van der Waals surface area contributed by atoms with E-state index < -0.39 is 15.3 Å². The Kier molecular flexibility index (Phi) is 7.43. The van der Waals surface area contributed by atoms with Crippen LogP contribution in [0.5, 0.6) is 0 Å². The Hall–Kier alpha value is -1.91. The van der Waals surface area contributed by atoms with Crippen LogP contribution in [0.4, 0.5) is 20.6 Å². The van der Waals surface area contributed by atoms with E-state index in [4.69, 9.17) is 4.74 Å². The van der Waals surface area contributed by atoms with Crippen molar-refractivity contribution in [3.63, 3.8) is 0 Å². The van der Waals surface area contributed by atoms with E-state index >= 15 is 0 Å². The van der Waals surface area contributed by atoms with Gasteiger partial charge in [-0.3, -0.25) is 0 Å². The van der Waals surface area contributed by atoms with Crippen LogP contribution in [0.2, 0.25) is 0 Å². The molecule has 1 aromatic rings. The van der Waals surface area contributed by atoms with Gasteiger partial charge in [0.1, 0.15) is 5.82 Å². The van der Waals surface area contributed by atoms with Gasteiger partial charge in [-0.15, -0.1) is 0 Å². The van der Waals surface area contributed by atoms with Crippen LogP contribution < -0.4 is 14.9 Å². The fourth-order valence-corrected chi connectivity index (χ4v) is 4.98.